The fourth-order valence-electron chi connectivity index (χ4n) is 2.62. The number of amides is 2. The van der Waals surface area contributed by atoms with Crippen LogP contribution in [0.4, 0.5) is 9.18 Å². The number of aryl methyl sites for hydroxylation is 1. The molecule has 1 atom stereocenters. The number of carbonyl (C=O) groups excluding carboxylic acids is 1. The lowest BCUT2D eigenvalue weighted by molar-refractivity contribution is 0.236. The molecule has 5 nitrogen and oxygen atoms in total. The van der Waals surface area contributed by atoms with E-state index in [9.17, 15) is 9.18 Å². The van der Waals surface area contributed by atoms with Gasteiger partial charge in [0.15, 0.2) is 0 Å². The summed E-state index contributed by atoms with van der Waals surface area (Å²) in [6.07, 6.45) is 3.38. The number of nitrogens with one attached hydrogen (secondary N) is 2. The van der Waals surface area contributed by atoms with Crippen molar-refractivity contribution in [1.82, 2.24) is 15.6 Å². The summed E-state index contributed by atoms with van der Waals surface area (Å²) in [6, 6.07) is 7.44. The zero-order valence-corrected chi connectivity index (χ0v) is 13.5. The maximum atomic E-state index is 13.4. The molecule has 0 bridgehead atoms. The molecule has 0 saturated heterocycles. The summed E-state index contributed by atoms with van der Waals surface area (Å²) < 4.78 is 19.1. The molecule has 1 aromatic carbocycles. The highest BCUT2D eigenvalue weighted by Gasteiger charge is 2.18. The van der Waals surface area contributed by atoms with Gasteiger partial charge in [0.2, 0.25) is 0 Å². The summed E-state index contributed by atoms with van der Waals surface area (Å²) in [5.74, 6) is 0.305. The normalized spacial score (nSPS) is 12.1. The number of hydrogen-bond acceptors (Lipinski definition) is 3. The van der Waals surface area contributed by atoms with Gasteiger partial charge in [-0.3, -0.25) is 4.98 Å². The lowest BCUT2D eigenvalue weighted by Gasteiger charge is -2.13. The summed E-state index contributed by atoms with van der Waals surface area (Å²) in [5.41, 5.74) is 2.34. The molecule has 2 heterocycles. The standard InChI is InChI=1S/C18H18FN3O2/c1-11-15-8-14(19)5-6-16(15)24-17(11)12(2)22-18(23)21-10-13-4-3-7-20-9-13/h3-9,12H,10H2,1-2H3,(H2,21,22,23). The predicted molar refractivity (Wildman–Crippen MR) is 88.9 cm³/mol. The third kappa shape index (κ3) is 3.37. The van der Waals surface area contributed by atoms with Gasteiger partial charge >= 0.3 is 6.03 Å². The van der Waals surface area contributed by atoms with E-state index in [4.69, 9.17) is 4.42 Å². The Morgan fingerprint density at radius 3 is 2.96 bits per heavy atom. The first-order valence-corrected chi connectivity index (χ1v) is 7.66. The summed E-state index contributed by atoms with van der Waals surface area (Å²) in [5, 5.41) is 6.31. The summed E-state index contributed by atoms with van der Waals surface area (Å²) in [7, 11) is 0. The second-order valence-electron chi connectivity index (χ2n) is 5.64. The summed E-state index contributed by atoms with van der Waals surface area (Å²) in [4.78, 5) is 16.0. The smallest absolute Gasteiger partial charge is 0.315 e. The number of halogens is 1. The largest absolute Gasteiger partial charge is 0.459 e. The van der Waals surface area contributed by atoms with Gasteiger partial charge in [0.1, 0.15) is 17.2 Å². The zero-order valence-electron chi connectivity index (χ0n) is 13.5. The first-order valence-electron chi connectivity index (χ1n) is 7.66. The number of nitrogens with zero attached hydrogens (tertiary/aromatic N) is 1. The maximum absolute atomic E-state index is 13.4. The number of rotatable bonds is 4. The van der Waals surface area contributed by atoms with Gasteiger partial charge in [0.05, 0.1) is 6.04 Å². The van der Waals surface area contributed by atoms with Crippen molar-refractivity contribution in [3.8, 4) is 0 Å². The monoisotopic (exact) mass is 327 g/mol. The Bertz CT molecular complexity index is 861. The van der Waals surface area contributed by atoms with E-state index in [0.717, 1.165) is 16.5 Å². The fourth-order valence-corrected chi connectivity index (χ4v) is 2.62. The Kier molecular flexibility index (Phi) is 4.46. The Labute approximate surface area is 138 Å². The molecule has 2 aromatic heterocycles. The Morgan fingerprint density at radius 1 is 1.38 bits per heavy atom. The van der Waals surface area contributed by atoms with Crippen LogP contribution >= 0.6 is 0 Å². The second-order valence-corrected chi connectivity index (χ2v) is 5.64. The van der Waals surface area contributed by atoms with Crippen molar-refractivity contribution in [2.45, 2.75) is 26.4 Å². The molecule has 6 heteroatoms. The van der Waals surface area contributed by atoms with Crippen molar-refractivity contribution in [3.63, 3.8) is 0 Å². The second kappa shape index (κ2) is 6.70. The summed E-state index contributed by atoms with van der Waals surface area (Å²) >= 11 is 0. The fraction of sp³-hybridized carbons (Fsp3) is 0.222. The Hall–Kier alpha value is -2.89. The molecule has 0 aliphatic heterocycles. The zero-order chi connectivity index (χ0) is 17.1. The average molecular weight is 327 g/mol. The molecule has 0 saturated carbocycles. The van der Waals surface area contributed by atoms with Crippen molar-refractivity contribution in [2.24, 2.45) is 0 Å². The van der Waals surface area contributed by atoms with Crippen molar-refractivity contribution >= 4 is 17.0 Å². The highest BCUT2D eigenvalue weighted by Crippen LogP contribution is 2.29. The van der Waals surface area contributed by atoms with E-state index < -0.39 is 0 Å². The van der Waals surface area contributed by atoms with E-state index in [-0.39, 0.29) is 17.9 Å². The quantitative estimate of drug-likeness (QED) is 0.765. The molecule has 124 valence electrons. The third-order valence-electron chi connectivity index (χ3n) is 3.85. The third-order valence-corrected chi connectivity index (χ3v) is 3.85. The Morgan fingerprint density at radius 2 is 2.21 bits per heavy atom. The number of fused-ring (bicyclic) bond motifs is 1. The van der Waals surface area contributed by atoms with Crippen LogP contribution in [0.25, 0.3) is 11.0 Å². The number of benzene rings is 1. The molecule has 0 aliphatic rings. The van der Waals surface area contributed by atoms with Crippen LogP contribution in [0.3, 0.4) is 0 Å². The molecular formula is C18H18FN3O2. The molecule has 3 rings (SSSR count). The molecule has 0 radical (unpaired) electrons. The molecule has 0 fully saturated rings. The van der Waals surface area contributed by atoms with E-state index >= 15 is 0 Å². The highest BCUT2D eigenvalue weighted by molar-refractivity contribution is 5.82. The lowest BCUT2D eigenvalue weighted by atomic mass is 10.1. The van der Waals surface area contributed by atoms with E-state index in [1.807, 2.05) is 26.0 Å². The molecule has 3 aromatic rings. The van der Waals surface area contributed by atoms with Gasteiger partial charge in [-0.15, -0.1) is 0 Å². The number of aromatic nitrogens is 1. The van der Waals surface area contributed by atoms with Crippen LogP contribution in [-0.4, -0.2) is 11.0 Å². The molecule has 2 N–H and O–H groups in total. The van der Waals surface area contributed by atoms with Gasteiger partial charge in [-0.2, -0.15) is 0 Å². The minimum Gasteiger partial charge on any atom is -0.459 e. The highest BCUT2D eigenvalue weighted by atomic mass is 19.1. The van der Waals surface area contributed by atoms with E-state index in [0.29, 0.717) is 17.9 Å². The van der Waals surface area contributed by atoms with Gasteiger partial charge < -0.3 is 15.1 Å². The van der Waals surface area contributed by atoms with Crippen LogP contribution in [0, 0.1) is 12.7 Å². The minimum absolute atomic E-state index is 0.308. The number of urea groups is 1. The lowest BCUT2D eigenvalue weighted by Crippen LogP contribution is -2.36. The molecule has 2 amide bonds. The first kappa shape index (κ1) is 16.0. The first-order chi connectivity index (χ1) is 11.5. The number of pyridine rings is 1. The predicted octanol–water partition coefficient (Wildman–Crippen LogP) is 3.84. The van der Waals surface area contributed by atoms with Gasteiger partial charge in [-0.05, 0) is 43.7 Å². The number of carbonyl (C=O) groups is 1. The number of furan rings is 1. The van der Waals surface area contributed by atoms with Crippen molar-refractivity contribution in [3.05, 3.63) is 65.4 Å². The van der Waals surface area contributed by atoms with Crippen LogP contribution in [-0.2, 0) is 6.54 Å². The van der Waals surface area contributed by atoms with Crippen LogP contribution < -0.4 is 10.6 Å². The molecular weight excluding hydrogens is 309 g/mol. The topological polar surface area (TPSA) is 67.2 Å². The molecule has 1 unspecified atom stereocenters. The summed E-state index contributed by atoms with van der Waals surface area (Å²) in [6.45, 7) is 4.06. The molecule has 0 spiro atoms. The molecule has 0 aliphatic carbocycles. The van der Waals surface area contributed by atoms with E-state index in [2.05, 4.69) is 15.6 Å². The SMILES string of the molecule is Cc1c(C(C)NC(=O)NCc2cccnc2)oc2ccc(F)cc12. The van der Waals surface area contributed by atoms with Gasteiger partial charge in [0, 0.05) is 29.9 Å². The van der Waals surface area contributed by atoms with E-state index in [1.54, 1.807) is 18.5 Å². The van der Waals surface area contributed by atoms with Crippen LogP contribution in [0.15, 0.2) is 47.1 Å². The Balaban J connectivity index is 1.67. The average Bonchev–Trinajstić information content (AvgIpc) is 2.90. The van der Waals surface area contributed by atoms with Crippen molar-refractivity contribution in [1.29, 1.82) is 0 Å². The van der Waals surface area contributed by atoms with Crippen LogP contribution in [0.5, 0.6) is 0 Å². The maximum Gasteiger partial charge on any atom is 0.315 e. The van der Waals surface area contributed by atoms with Crippen LogP contribution in [0.1, 0.15) is 29.9 Å². The van der Waals surface area contributed by atoms with Crippen molar-refractivity contribution < 1.29 is 13.6 Å². The van der Waals surface area contributed by atoms with Crippen molar-refractivity contribution in [2.75, 3.05) is 0 Å². The van der Waals surface area contributed by atoms with Gasteiger partial charge in [-0.1, -0.05) is 6.07 Å². The minimum atomic E-state index is -0.339. The van der Waals surface area contributed by atoms with E-state index in [1.165, 1.54) is 12.1 Å². The number of hydrogen-bond donors (Lipinski definition) is 2. The van der Waals surface area contributed by atoms with Gasteiger partial charge in [0.25, 0.3) is 0 Å². The van der Waals surface area contributed by atoms with Crippen LogP contribution in [0.2, 0.25) is 0 Å². The van der Waals surface area contributed by atoms with Gasteiger partial charge in [-0.25, -0.2) is 9.18 Å². The molecule has 24 heavy (non-hydrogen) atoms.